The smallest absolute Gasteiger partial charge is 0.256 e. The fraction of sp³-hybridized carbons (Fsp3) is 0.333. The van der Waals surface area contributed by atoms with Gasteiger partial charge in [0.15, 0.2) is 5.65 Å². The molecule has 4 heterocycles. The van der Waals surface area contributed by atoms with E-state index in [4.69, 9.17) is 4.74 Å². The van der Waals surface area contributed by atoms with Gasteiger partial charge < -0.3 is 15.4 Å². The van der Waals surface area contributed by atoms with Crippen LogP contribution in [0.4, 0.5) is 5.82 Å². The first-order valence-corrected chi connectivity index (χ1v) is 8.66. The van der Waals surface area contributed by atoms with Crippen LogP contribution in [0.25, 0.3) is 5.65 Å². The van der Waals surface area contributed by atoms with Crippen LogP contribution < -0.4 is 10.6 Å². The van der Waals surface area contributed by atoms with Crippen molar-refractivity contribution in [3.05, 3.63) is 54.1 Å². The van der Waals surface area contributed by atoms with Crippen LogP contribution in [0, 0.1) is 0 Å². The molecule has 2 N–H and O–H groups in total. The summed E-state index contributed by atoms with van der Waals surface area (Å²) in [4.78, 5) is 21.1. The summed E-state index contributed by atoms with van der Waals surface area (Å²) in [7, 11) is 0. The van der Waals surface area contributed by atoms with Crippen LogP contribution in [0.5, 0.6) is 0 Å². The first-order chi connectivity index (χ1) is 12.8. The van der Waals surface area contributed by atoms with Crippen LogP contribution in [-0.2, 0) is 11.3 Å². The minimum absolute atomic E-state index is 0.102. The third-order valence-electron chi connectivity index (χ3n) is 4.32. The van der Waals surface area contributed by atoms with Crippen molar-refractivity contribution >= 4 is 17.4 Å². The number of ether oxygens (including phenoxy) is 1. The molecule has 0 spiro atoms. The number of fused-ring (bicyclic) bond motifs is 1. The average Bonchev–Trinajstić information content (AvgIpc) is 3.34. The van der Waals surface area contributed by atoms with Crippen LogP contribution in [-0.4, -0.2) is 44.7 Å². The van der Waals surface area contributed by atoms with Gasteiger partial charge in [0.25, 0.3) is 5.91 Å². The lowest BCUT2D eigenvalue weighted by Gasteiger charge is -2.10. The molecule has 8 heteroatoms. The highest BCUT2D eigenvalue weighted by molar-refractivity contribution is 5.99. The highest BCUT2D eigenvalue weighted by atomic mass is 16.5. The minimum atomic E-state index is -0.188. The van der Waals surface area contributed by atoms with E-state index < -0.39 is 0 Å². The van der Waals surface area contributed by atoms with E-state index in [0.717, 1.165) is 25.0 Å². The molecule has 8 nitrogen and oxygen atoms in total. The van der Waals surface area contributed by atoms with Crippen molar-refractivity contribution < 1.29 is 9.53 Å². The molecule has 1 aliphatic rings. The zero-order chi connectivity index (χ0) is 17.8. The van der Waals surface area contributed by atoms with E-state index in [1.54, 1.807) is 23.1 Å². The Balaban J connectivity index is 1.46. The van der Waals surface area contributed by atoms with Gasteiger partial charge in [-0.2, -0.15) is 5.10 Å². The summed E-state index contributed by atoms with van der Waals surface area (Å²) in [6, 6.07) is 5.70. The molecule has 3 aromatic rings. The molecule has 0 aromatic carbocycles. The number of carbonyl (C=O) groups excluding carboxylic acids is 1. The third kappa shape index (κ3) is 3.65. The number of carbonyl (C=O) groups is 1. The number of amides is 1. The highest BCUT2D eigenvalue weighted by Gasteiger charge is 2.19. The first-order valence-electron chi connectivity index (χ1n) is 8.66. The Morgan fingerprint density at radius 3 is 3.12 bits per heavy atom. The second kappa shape index (κ2) is 7.49. The molecule has 0 radical (unpaired) electrons. The molecular weight excluding hydrogens is 332 g/mol. The molecule has 26 heavy (non-hydrogen) atoms. The number of aromatic nitrogens is 4. The maximum absolute atomic E-state index is 12.5. The number of anilines is 1. The van der Waals surface area contributed by atoms with E-state index >= 15 is 0 Å². The number of hydrogen-bond donors (Lipinski definition) is 2. The quantitative estimate of drug-likeness (QED) is 0.701. The molecule has 0 bridgehead atoms. The van der Waals surface area contributed by atoms with Gasteiger partial charge in [-0.15, -0.1) is 0 Å². The number of nitrogens with zero attached hydrogens (tertiary/aromatic N) is 4. The van der Waals surface area contributed by atoms with Crippen molar-refractivity contribution in [1.82, 2.24) is 24.9 Å². The molecule has 0 aliphatic carbocycles. The normalized spacial score (nSPS) is 16.7. The highest BCUT2D eigenvalue weighted by Crippen LogP contribution is 2.14. The topological polar surface area (TPSA) is 93.4 Å². The van der Waals surface area contributed by atoms with E-state index in [-0.39, 0.29) is 12.0 Å². The van der Waals surface area contributed by atoms with Crippen molar-refractivity contribution in [1.29, 1.82) is 0 Å². The van der Waals surface area contributed by atoms with Gasteiger partial charge in [0.05, 0.1) is 12.3 Å². The Hall–Kier alpha value is -3.00. The van der Waals surface area contributed by atoms with Crippen molar-refractivity contribution in [2.45, 2.75) is 25.5 Å². The van der Waals surface area contributed by atoms with Crippen LogP contribution in [0.15, 0.2) is 43.0 Å². The maximum atomic E-state index is 12.5. The minimum Gasteiger partial charge on any atom is -0.376 e. The molecule has 1 aliphatic heterocycles. The molecule has 4 rings (SSSR count). The average molecular weight is 352 g/mol. The number of rotatable bonds is 6. The summed E-state index contributed by atoms with van der Waals surface area (Å²) in [6.45, 7) is 1.88. The van der Waals surface area contributed by atoms with Crippen LogP contribution >= 0.6 is 0 Å². The van der Waals surface area contributed by atoms with E-state index in [2.05, 4.69) is 25.7 Å². The van der Waals surface area contributed by atoms with Gasteiger partial charge >= 0.3 is 0 Å². The Morgan fingerprint density at radius 1 is 1.35 bits per heavy atom. The Bertz CT molecular complexity index is 889. The lowest BCUT2D eigenvalue weighted by atomic mass is 10.2. The molecule has 134 valence electrons. The van der Waals surface area contributed by atoms with Crippen LogP contribution in [0.3, 0.4) is 0 Å². The largest absolute Gasteiger partial charge is 0.376 e. The van der Waals surface area contributed by atoms with Gasteiger partial charge in [-0.05, 0) is 30.5 Å². The fourth-order valence-electron chi connectivity index (χ4n) is 2.93. The lowest BCUT2D eigenvalue weighted by molar-refractivity contribution is 0.0859. The SMILES string of the molecule is O=C(NCC1CCCO1)c1cnn2ccc(NCc3cccnc3)nc12. The Labute approximate surface area is 150 Å². The number of nitrogens with one attached hydrogen (secondary N) is 2. The molecule has 1 amide bonds. The summed E-state index contributed by atoms with van der Waals surface area (Å²) in [5, 5.41) is 10.4. The van der Waals surface area contributed by atoms with Gasteiger partial charge in [0.2, 0.25) is 0 Å². The molecule has 1 atom stereocenters. The van der Waals surface area contributed by atoms with Gasteiger partial charge in [-0.1, -0.05) is 6.07 Å². The summed E-state index contributed by atoms with van der Waals surface area (Å²) in [5.74, 6) is 0.488. The second-order valence-corrected chi connectivity index (χ2v) is 6.20. The van der Waals surface area contributed by atoms with E-state index in [1.165, 1.54) is 6.20 Å². The summed E-state index contributed by atoms with van der Waals surface area (Å²) >= 11 is 0. The van der Waals surface area contributed by atoms with Gasteiger partial charge in [0.1, 0.15) is 11.4 Å². The predicted molar refractivity (Wildman–Crippen MR) is 95.9 cm³/mol. The fourth-order valence-corrected chi connectivity index (χ4v) is 2.93. The van der Waals surface area contributed by atoms with Crippen molar-refractivity contribution in [3.8, 4) is 0 Å². The summed E-state index contributed by atoms with van der Waals surface area (Å²) in [5.41, 5.74) is 2.02. The van der Waals surface area contributed by atoms with Crippen LogP contribution in [0.2, 0.25) is 0 Å². The predicted octanol–water partition coefficient (Wildman–Crippen LogP) is 1.65. The zero-order valence-electron chi connectivity index (χ0n) is 14.3. The van der Waals surface area contributed by atoms with Gasteiger partial charge in [0, 0.05) is 38.3 Å². The standard InChI is InChI=1S/C18H20N6O2/c25-18(21-11-14-4-2-8-26-14)15-12-22-24-7-5-16(23-17(15)24)20-10-13-3-1-6-19-9-13/h1,3,5-7,9,12,14H,2,4,8,10-11H2,(H,20,23)(H,21,25). The second-order valence-electron chi connectivity index (χ2n) is 6.20. The molecule has 1 fully saturated rings. The number of pyridine rings is 1. The van der Waals surface area contributed by atoms with Crippen molar-refractivity contribution in [2.24, 2.45) is 0 Å². The molecule has 1 unspecified atom stereocenters. The lowest BCUT2D eigenvalue weighted by Crippen LogP contribution is -2.31. The van der Waals surface area contributed by atoms with Gasteiger partial charge in [-0.3, -0.25) is 9.78 Å². The summed E-state index contributed by atoms with van der Waals surface area (Å²) < 4.78 is 7.13. The van der Waals surface area contributed by atoms with E-state index in [1.807, 2.05) is 18.2 Å². The van der Waals surface area contributed by atoms with Crippen molar-refractivity contribution in [2.75, 3.05) is 18.5 Å². The van der Waals surface area contributed by atoms with Crippen LogP contribution in [0.1, 0.15) is 28.8 Å². The summed E-state index contributed by atoms with van der Waals surface area (Å²) in [6.07, 6.45) is 8.99. The zero-order valence-corrected chi connectivity index (χ0v) is 14.3. The first kappa shape index (κ1) is 16.5. The monoisotopic (exact) mass is 352 g/mol. The molecular formula is C18H20N6O2. The molecule has 1 saturated heterocycles. The maximum Gasteiger partial charge on any atom is 0.256 e. The van der Waals surface area contributed by atoms with E-state index in [9.17, 15) is 4.79 Å². The number of hydrogen-bond acceptors (Lipinski definition) is 6. The molecule has 3 aromatic heterocycles. The Morgan fingerprint density at radius 2 is 2.31 bits per heavy atom. The van der Waals surface area contributed by atoms with E-state index in [0.29, 0.717) is 30.1 Å². The van der Waals surface area contributed by atoms with Gasteiger partial charge in [-0.25, -0.2) is 9.50 Å². The molecule has 0 saturated carbocycles. The Kier molecular flexibility index (Phi) is 4.74. The third-order valence-corrected chi connectivity index (χ3v) is 4.32. The van der Waals surface area contributed by atoms with Crippen molar-refractivity contribution in [3.63, 3.8) is 0 Å².